The third-order valence-electron chi connectivity index (χ3n) is 4.29. The quantitative estimate of drug-likeness (QED) is 0.475. The molecule has 1 aromatic heterocycles. The molecule has 4 atom stereocenters. The van der Waals surface area contributed by atoms with E-state index in [1.165, 1.54) is 6.20 Å². The van der Waals surface area contributed by atoms with Crippen LogP contribution in [0.2, 0.25) is 0 Å². The van der Waals surface area contributed by atoms with Crippen molar-refractivity contribution in [3.05, 3.63) is 45.3 Å². The lowest BCUT2D eigenvalue weighted by Gasteiger charge is -2.19. The number of nitrogens with zero attached hydrogens (tertiary/aromatic N) is 1. The van der Waals surface area contributed by atoms with Gasteiger partial charge in [-0.2, -0.15) is 0 Å². The molecule has 25 heavy (non-hydrogen) atoms. The molecule has 1 aliphatic rings. The Morgan fingerprint density at radius 1 is 1.36 bits per heavy atom. The van der Waals surface area contributed by atoms with Crippen LogP contribution in [-0.4, -0.2) is 63.9 Å². The van der Waals surface area contributed by atoms with E-state index in [0.29, 0.717) is 24.8 Å². The average molecular weight is 370 g/mol. The van der Waals surface area contributed by atoms with Gasteiger partial charge in [0.05, 0.1) is 6.10 Å². The first-order valence-corrected chi connectivity index (χ1v) is 11.3. The Labute approximate surface area is 146 Å². The first kappa shape index (κ1) is 19.9. The van der Waals surface area contributed by atoms with E-state index in [4.69, 9.17) is 4.74 Å². The second kappa shape index (κ2) is 7.87. The van der Waals surface area contributed by atoms with Gasteiger partial charge in [0.15, 0.2) is 6.23 Å². The van der Waals surface area contributed by atoms with Gasteiger partial charge >= 0.3 is 5.69 Å². The molecule has 0 saturated carbocycles. The normalized spacial score (nSPS) is 26.7. The van der Waals surface area contributed by atoms with Crippen LogP contribution in [-0.2, 0) is 11.2 Å². The summed E-state index contributed by atoms with van der Waals surface area (Å²) in [5.41, 5.74) is -0.733. The number of hydrogen-bond acceptors (Lipinski definition) is 5. The van der Waals surface area contributed by atoms with Crippen molar-refractivity contribution in [1.29, 1.82) is 0 Å². The molecule has 2 heterocycles. The molecule has 3 N–H and O–H groups in total. The molecule has 1 saturated heterocycles. The Hall–Kier alpha value is -1.40. The largest absolute Gasteiger partial charge is 0.388 e. The third kappa shape index (κ3) is 4.82. The summed E-state index contributed by atoms with van der Waals surface area (Å²) in [5.74, 6) is 0. The minimum Gasteiger partial charge on any atom is -0.388 e. The summed E-state index contributed by atoms with van der Waals surface area (Å²) in [6.45, 7) is 6.49. The highest BCUT2D eigenvalue weighted by molar-refractivity contribution is 7.72. The number of nitrogens with one attached hydrogen (secondary N) is 1. The van der Waals surface area contributed by atoms with Crippen LogP contribution >= 0.6 is 6.89 Å². The molecule has 7 nitrogen and oxygen atoms in total. The Bertz CT molecular complexity index is 778. The molecule has 0 amide bonds. The molecule has 0 bridgehead atoms. The summed E-state index contributed by atoms with van der Waals surface area (Å²) in [6, 6.07) is 0. The molecule has 8 heteroatoms. The Morgan fingerprint density at radius 3 is 2.64 bits per heavy atom. The van der Waals surface area contributed by atoms with E-state index in [-0.39, 0.29) is 0 Å². The van der Waals surface area contributed by atoms with Gasteiger partial charge in [-0.05, 0) is 38.8 Å². The first-order chi connectivity index (χ1) is 11.6. The minimum absolute atomic E-state index is 0.401. The van der Waals surface area contributed by atoms with Gasteiger partial charge in [-0.25, -0.2) is 4.79 Å². The van der Waals surface area contributed by atoms with Crippen LogP contribution in [0.1, 0.15) is 24.6 Å². The number of H-pyrrole nitrogens is 1. The second-order valence-corrected chi connectivity index (χ2v) is 11.5. The lowest BCUT2D eigenvalue weighted by molar-refractivity contribution is -0.0404. The average Bonchev–Trinajstić information content (AvgIpc) is 2.80. The molecule has 2 rings (SSSR count). The Balaban J connectivity index is 2.26. The van der Waals surface area contributed by atoms with Crippen LogP contribution in [0.5, 0.6) is 0 Å². The van der Waals surface area contributed by atoms with Gasteiger partial charge in [0, 0.05) is 11.8 Å². The van der Waals surface area contributed by atoms with E-state index < -0.39 is 42.7 Å². The number of aliphatic hydroxyl groups excluding tert-OH is 2. The predicted octanol–water partition coefficient (Wildman–Crippen LogP) is 0.374. The highest BCUT2D eigenvalue weighted by Crippen LogP contribution is 2.39. The minimum atomic E-state index is -1.29. The molecule has 140 valence electrons. The smallest absolute Gasteiger partial charge is 0.330 e. The summed E-state index contributed by atoms with van der Waals surface area (Å²) < 4.78 is 6.91. The molecular weight excluding hydrogens is 343 g/mol. The Morgan fingerprint density at radius 2 is 2.04 bits per heavy atom. The highest BCUT2D eigenvalue weighted by Gasteiger charge is 2.43. The van der Waals surface area contributed by atoms with Gasteiger partial charge in [0.25, 0.3) is 5.56 Å². The van der Waals surface area contributed by atoms with Crippen molar-refractivity contribution < 1.29 is 14.9 Å². The van der Waals surface area contributed by atoms with Crippen molar-refractivity contribution >= 4 is 13.2 Å². The molecule has 1 fully saturated rings. The zero-order valence-electron chi connectivity index (χ0n) is 14.7. The van der Waals surface area contributed by atoms with Crippen LogP contribution < -0.4 is 11.2 Å². The van der Waals surface area contributed by atoms with Crippen molar-refractivity contribution in [2.24, 2.45) is 0 Å². The van der Waals surface area contributed by atoms with E-state index >= 15 is 0 Å². The number of allylic oxidation sites excluding steroid dienone is 1. The van der Waals surface area contributed by atoms with E-state index in [1.807, 2.05) is 0 Å². The van der Waals surface area contributed by atoms with Crippen molar-refractivity contribution in [3.8, 4) is 0 Å². The van der Waals surface area contributed by atoms with Gasteiger partial charge in [0.2, 0.25) is 0 Å². The fraction of sp³-hybridized carbons (Fsp3) is 0.588. The summed E-state index contributed by atoms with van der Waals surface area (Å²) in [4.78, 5) is 26.3. The molecule has 0 aliphatic carbocycles. The number of aryl methyl sites for hydroxylation is 1. The van der Waals surface area contributed by atoms with E-state index in [2.05, 4.69) is 31.2 Å². The molecular formula is C17H27N2O5P. The van der Waals surface area contributed by atoms with Gasteiger partial charge in [-0.3, -0.25) is 14.3 Å². The number of hydrogen-bond donors (Lipinski definition) is 3. The van der Waals surface area contributed by atoms with Crippen molar-refractivity contribution in [2.45, 2.75) is 43.8 Å². The van der Waals surface area contributed by atoms with Crippen LogP contribution in [0.3, 0.4) is 0 Å². The lowest BCUT2D eigenvalue weighted by atomic mass is 10.1. The number of rotatable bonds is 7. The fourth-order valence-corrected chi connectivity index (χ4v) is 3.78. The third-order valence-corrected chi connectivity index (χ3v) is 5.76. The molecule has 0 spiro atoms. The van der Waals surface area contributed by atoms with Gasteiger partial charge < -0.3 is 14.9 Å². The van der Waals surface area contributed by atoms with Crippen LogP contribution in [0.25, 0.3) is 0 Å². The molecule has 1 unspecified atom stereocenters. The zero-order valence-corrected chi connectivity index (χ0v) is 15.6. The van der Waals surface area contributed by atoms with Crippen molar-refractivity contribution in [2.75, 3.05) is 19.5 Å². The fourth-order valence-electron chi connectivity index (χ4n) is 2.83. The molecule has 1 aromatic rings. The molecule has 0 aromatic carbocycles. The summed E-state index contributed by atoms with van der Waals surface area (Å²) in [6.07, 6.45) is 5.63. The molecule has 1 aliphatic heterocycles. The number of aromatic amines is 1. The predicted molar refractivity (Wildman–Crippen MR) is 101 cm³/mol. The summed E-state index contributed by atoms with van der Waals surface area (Å²) >= 11 is 0. The van der Waals surface area contributed by atoms with Gasteiger partial charge in [-0.15, -0.1) is 19.8 Å². The van der Waals surface area contributed by atoms with Crippen LogP contribution in [0.15, 0.2) is 28.4 Å². The van der Waals surface area contributed by atoms with Crippen LogP contribution in [0, 0.1) is 0 Å². The maximum absolute atomic E-state index is 12.1. The zero-order chi connectivity index (χ0) is 18.8. The van der Waals surface area contributed by atoms with Gasteiger partial charge in [0.1, 0.15) is 12.2 Å². The number of ether oxygens (including phenoxy) is 1. The lowest BCUT2D eigenvalue weighted by Crippen LogP contribution is -2.38. The van der Waals surface area contributed by atoms with Crippen molar-refractivity contribution in [3.63, 3.8) is 0 Å². The second-order valence-electron chi connectivity index (χ2n) is 7.14. The number of aliphatic hydroxyl groups is 2. The highest BCUT2D eigenvalue weighted by atomic mass is 31.2. The van der Waals surface area contributed by atoms with Crippen LogP contribution in [0.4, 0.5) is 0 Å². The van der Waals surface area contributed by atoms with E-state index in [1.54, 1.807) is 6.08 Å². The molecule has 0 radical (unpaired) electrons. The standard InChI is InChI=1S/C17H27N2O5P/c1-5-6-7-11-10-19(17(23)18-15(11)22)16-14(21)13(20)12(24-16)8-9-25(2,3)4/h5,10,12-14,16,20-21H,1-2,6-9H2,3-4H3,(H,18,22,23)/t12-,13-,14?,16-/m1/s1. The van der Waals surface area contributed by atoms with E-state index in [0.717, 1.165) is 10.7 Å². The van der Waals surface area contributed by atoms with E-state index in [9.17, 15) is 19.8 Å². The summed E-state index contributed by atoms with van der Waals surface area (Å²) in [7, 11) is 0. The maximum Gasteiger partial charge on any atom is 0.330 e. The maximum atomic E-state index is 12.1. The monoisotopic (exact) mass is 370 g/mol. The topological polar surface area (TPSA) is 105 Å². The summed E-state index contributed by atoms with van der Waals surface area (Å²) in [5, 5.41) is 20.6. The van der Waals surface area contributed by atoms with Gasteiger partial charge in [-0.1, -0.05) is 6.08 Å². The Kier molecular flexibility index (Phi) is 6.27. The first-order valence-electron chi connectivity index (χ1n) is 8.28. The van der Waals surface area contributed by atoms with Crippen molar-refractivity contribution in [1.82, 2.24) is 9.55 Å². The number of aromatic nitrogens is 2. The SMILES string of the molecule is C=CCCc1cn([C@@H]2O[C@H](CCP(=C)(C)C)[C@@H](O)C2O)c(=O)[nH]c1=O.